The summed E-state index contributed by atoms with van der Waals surface area (Å²) in [6.45, 7) is -2.11. The van der Waals surface area contributed by atoms with Crippen LogP contribution < -0.4 is 51.4 Å². The Morgan fingerprint density at radius 1 is 0.952 bits per heavy atom. The van der Waals surface area contributed by atoms with Crippen molar-refractivity contribution in [2.45, 2.75) is 11.9 Å². The van der Waals surface area contributed by atoms with Crippen molar-refractivity contribution in [2.75, 3.05) is 13.1 Å². The number of hydrogen-bond acceptors (Lipinski definition) is 5. The predicted octanol–water partition coefficient (Wildman–Crippen LogP) is -4.51. The fraction of sp³-hybridized carbons (Fsp3) is 0.667. The van der Waals surface area contributed by atoms with Gasteiger partial charge < -0.3 is 29.8 Å². The molecule has 0 heterocycles. The molecule has 0 saturated heterocycles. The fourth-order valence-electron chi connectivity index (χ4n) is 1.22. The Morgan fingerprint density at radius 3 is 1.33 bits per heavy atom. The molecule has 6 N–H and O–H groups in total. The average molecular weight is 426 g/mol. The molecule has 0 bridgehead atoms. The second-order valence-electron chi connectivity index (χ2n) is 3.70. The number of rotatable bonds is 7. The normalized spacial score (nSPS) is 12.3. The third kappa shape index (κ3) is 7.26. The third-order valence-electron chi connectivity index (χ3n) is 2.35. The molecule has 0 aromatic carbocycles. The molecule has 0 radical (unpaired) electrons. The minimum atomic E-state index is -5.54. The van der Waals surface area contributed by atoms with Gasteiger partial charge in [-0.3, -0.25) is 23.6 Å². The van der Waals surface area contributed by atoms with Crippen LogP contribution in [-0.4, -0.2) is 64.7 Å². The molecule has 0 saturated carbocycles. The molecule has 0 atom stereocenters. The average Bonchev–Trinajstić information content (AvgIpc) is 2.09. The van der Waals surface area contributed by atoms with Crippen molar-refractivity contribution in [2.24, 2.45) is 0 Å². The van der Waals surface area contributed by atoms with Crippen LogP contribution in [0.5, 0.6) is 0 Å². The standard InChI is InChI=1S/C6H13NO10P2.K.Zn/c1-6(18(12,13)14,19(15,16)17)7(2-4(8)9)3-5(10)11;;/h2-3H2,1H3,(H,8,9)(H,10,11)(H2,12,13,14)(H2,15,16,17);;/q;+1;+2. The van der Waals surface area contributed by atoms with Crippen molar-refractivity contribution in [3.8, 4) is 0 Å². The van der Waals surface area contributed by atoms with Gasteiger partial charge in [-0.2, -0.15) is 0 Å². The Labute approximate surface area is 174 Å². The van der Waals surface area contributed by atoms with E-state index in [9.17, 15) is 18.7 Å². The number of nitrogens with zero attached hydrogens (tertiary/aromatic N) is 1. The van der Waals surface area contributed by atoms with E-state index in [-0.39, 0.29) is 75.8 Å². The molecular formula is C6H13KNO10P2Zn+3. The van der Waals surface area contributed by atoms with Gasteiger partial charge in [0.25, 0.3) is 0 Å². The van der Waals surface area contributed by atoms with Crippen molar-refractivity contribution in [1.82, 2.24) is 4.90 Å². The van der Waals surface area contributed by atoms with Gasteiger partial charge in [-0.25, -0.2) is 0 Å². The maximum atomic E-state index is 11.3. The van der Waals surface area contributed by atoms with Gasteiger partial charge in [0.1, 0.15) is 0 Å². The van der Waals surface area contributed by atoms with E-state index in [1.54, 1.807) is 0 Å². The fourth-order valence-corrected chi connectivity index (χ4v) is 3.60. The number of hydrogen-bond donors (Lipinski definition) is 6. The quantitative estimate of drug-likeness (QED) is 0.170. The molecule has 0 aliphatic carbocycles. The Kier molecular flexibility index (Phi) is 12.6. The summed E-state index contributed by atoms with van der Waals surface area (Å²) in [4.78, 5) is 57.4. The van der Waals surface area contributed by atoms with Crippen LogP contribution in [0.3, 0.4) is 0 Å². The van der Waals surface area contributed by atoms with Crippen LogP contribution in [0.15, 0.2) is 0 Å². The van der Waals surface area contributed by atoms with Gasteiger partial charge in [-0.05, 0) is 6.92 Å². The van der Waals surface area contributed by atoms with Crippen molar-refractivity contribution in [3.63, 3.8) is 0 Å². The van der Waals surface area contributed by atoms with Crippen molar-refractivity contribution < 1.29 is 119 Å². The van der Waals surface area contributed by atoms with E-state index in [4.69, 9.17) is 29.8 Å². The van der Waals surface area contributed by atoms with Crippen LogP contribution >= 0.6 is 15.2 Å². The molecule has 0 amide bonds. The molecule has 0 fully saturated rings. The monoisotopic (exact) mass is 424 g/mol. The van der Waals surface area contributed by atoms with Crippen LogP contribution in [0.2, 0.25) is 0 Å². The maximum Gasteiger partial charge on any atom is 2.00 e. The third-order valence-corrected chi connectivity index (χ3v) is 6.69. The van der Waals surface area contributed by atoms with Gasteiger partial charge in [0.15, 0.2) is 0 Å². The second kappa shape index (κ2) is 9.68. The summed E-state index contributed by atoms with van der Waals surface area (Å²) in [6.07, 6.45) is 0. The second-order valence-corrected chi connectivity index (χ2v) is 7.97. The van der Waals surface area contributed by atoms with Gasteiger partial charge in [0.2, 0.25) is 5.02 Å². The van der Waals surface area contributed by atoms with Gasteiger partial charge in [0, 0.05) is 0 Å². The largest absolute Gasteiger partial charge is 2.00 e. The summed E-state index contributed by atoms with van der Waals surface area (Å²) in [5.74, 6) is -3.40. The van der Waals surface area contributed by atoms with Gasteiger partial charge in [0.05, 0.1) is 13.1 Å². The SMILES string of the molecule is CC(N(CC(=O)O)CC(=O)O)(P(=O)(O)O)P(=O)(O)O.[K+].[Zn+2]. The Bertz CT molecular complexity index is 436. The van der Waals surface area contributed by atoms with Gasteiger partial charge in [-0.15, -0.1) is 0 Å². The zero-order chi connectivity index (χ0) is 15.6. The number of carboxylic acid groups (broad SMARTS) is 2. The number of carbonyl (C=O) groups is 2. The van der Waals surface area contributed by atoms with E-state index >= 15 is 0 Å². The molecule has 112 valence electrons. The molecule has 0 aromatic rings. The molecule has 0 rings (SSSR count). The Morgan fingerprint density at radius 2 is 1.19 bits per heavy atom. The van der Waals surface area contributed by atoms with E-state index in [0.717, 1.165) is 0 Å². The summed E-state index contributed by atoms with van der Waals surface area (Å²) in [5.41, 5.74) is 0. The minimum absolute atomic E-state index is 0. The summed E-state index contributed by atoms with van der Waals surface area (Å²) in [7, 11) is -11.1. The molecule has 0 aliphatic rings. The van der Waals surface area contributed by atoms with E-state index in [0.29, 0.717) is 6.92 Å². The minimum Gasteiger partial charge on any atom is -0.480 e. The molecule has 0 spiro atoms. The van der Waals surface area contributed by atoms with Crippen LogP contribution in [0.4, 0.5) is 0 Å². The number of aliphatic carboxylic acids is 2. The van der Waals surface area contributed by atoms with Crippen LogP contribution in [0, 0.1) is 0 Å². The van der Waals surface area contributed by atoms with Crippen molar-refractivity contribution in [3.05, 3.63) is 0 Å². The summed E-state index contributed by atoms with van der Waals surface area (Å²) in [6, 6.07) is 0. The zero-order valence-electron chi connectivity index (χ0n) is 11.3. The first-order valence-electron chi connectivity index (χ1n) is 4.53. The van der Waals surface area contributed by atoms with E-state index in [1.165, 1.54) is 0 Å². The predicted molar refractivity (Wildman–Crippen MR) is 59.3 cm³/mol. The van der Waals surface area contributed by atoms with Crippen molar-refractivity contribution >= 4 is 27.1 Å². The van der Waals surface area contributed by atoms with E-state index in [2.05, 4.69) is 0 Å². The first-order chi connectivity index (χ1) is 8.23. The maximum absolute atomic E-state index is 11.3. The van der Waals surface area contributed by atoms with Crippen LogP contribution in [0.25, 0.3) is 0 Å². The topological polar surface area (TPSA) is 193 Å². The summed E-state index contributed by atoms with van der Waals surface area (Å²) in [5, 5.41) is 13.9. The van der Waals surface area contributed by atoms with E-state index in [1.807, 2.05) is 0 Å². The molecule has 11 nitrogen and oxygen atoms in total. The molecule has 15 heteroatoms. The summed E-state index contributed by atoms with van der Waals surface area (Å²) < 4.78 is 22.6. The Hall–Kier alpha value is 1.46. The molecule has 0 unspecified atom stereocenters. The zero-order valence-corrected chi connectivity index (χ0v) is 19.2. The van der Waals surface area contributed by atoms with Crippen molar-refractivity contribution in [1.29, 1.82) is 0 Å². The summed E-state index contributed by atoms with van der Waals surface area (Å²) >= 11 is 0. The van der Waals surface area contributed by atoms with Crippen LogP contribution in [0.1, 0.15) is 6.92 Å². The first kappa shape index (κ1) is 27.3. The number of carboxylic acids is 2. The molecular weight excluding hydrogens is 412 g/mol. The smallest absolute Gasteiger partial charge is 0.480 e. The first-order valence-corrected chi connectivity index (χ1v) is 7.76. The van der Waals surface area contributed by atoms with Gasteiger partial charge in [-0.1, -0.05) is 0 Å². The van der Waals surface area contributed by atoms with Crippen LogP contribution in [-0.2, 0) is 38.2 Å². The van der Waals surface area contributed by atoms with E-state index < -0.39 is 45.2 Å². The molecule has 0 aliphatic heterocycles. The molecule has 0 aromatic heterocycles. The molecule has 21 heavy (non-hydrogen) atoms. The van der Waals surface area contributed by atoms with Gasteiger partial charge >= 0.3 is 98.0 Å². The Balaban J connectivity index is -0.00000162.